The van der Waals surface area contributed by atoms with Crippen molar-refractivity contribution in [1.29, 1.82) is 0 Å². The molecule has 0 saturated heterocycles. The van der Waals surface area contributed by atoms with Crippen molar-refractivity contribution in [3.63, 3.8) is 0 Å². The van der Waals surface area contributed by atoms with Crippen LogP contribution >= 0.6 is 23.2 Å². The van der Waals surface area contributed by atoms with Gasteiger partial charge in [0.1, 0.15) is 0 Å². The minimum atomic E-state index is -0.188. The number of hydrogen-bond acceptors (Lipinski definition) is 4. The molecule has 0 radical (unpaired) electrons. The van der Waals surface area contributed by atoms with Gasteiger partial charge in [-0.15, -0.1) is 0 Å². The molecule has 2 N–H and O–H groups in total. The van der Waals surface area contributed by atoms with Gasteiger partial charge in [0.25, 0.3) is 11.8 Å². The lowest BCUT2D eigenvalue weighted by atomic mass is 9.97. The second-order valence-corrected chi connectivity index (χ2v) is 13.0. The number of amides is 2. The molecule has 0 bridgehead atoms. The van der Waals surface area contributed by atoms with Crippen molar-refractivity contribution in [2.75, 3.05) is 0 Å². The normalized spacial score (nSPS) is 11.1. The van der Waals surface area contributed by atoms with Crippen molar-refractivity contribution in [3.05, 3.63) is 165 Å². The third-order valence-electron chi connectivity index (χ3n) is 8.86. The summed E-state index contributed by atoms with van der Waals surface area (Å²) in [6, 6.07) is 38.1. The number of benzene rings is 5. The summed E-state index contributed by atoms with van der Waals surface area (Å²) in [4.78, 5) is 37.4. The summed E-state index contributed by atoms with van der Waals surface area (Å²) in [5.74, 6) is -0.377. The van der Waals surface area contributed by atoms with Gasteiger partial charge in [0.15, 0.2) is 0 Å². The number of para-hydroxylation sites is 2. The molecule has 6 nitrogen and oxygen atoms in total. The van der Waals surface area contributed by atoms with Crippen molar-refractivity contribution in [3.8, 4) is 22.5 Å². The number of pyridine rings is 2. The van der Waals surface area contributed by atoms with Crippen LogP contribution in [0.1, 0.15) is 43.0 Å². The summed E-state index contributed by atoms with van der Waals surface area (Å²) in [7, 11) is 0. The first-order valence-electron chi connectivity index (χ1n) is 16.2. The molecule has 2 aromatic heterocycles. The summed E-state index contributed by atoms with van der Waals surface area (Å²) in [5, 5.41) is 9.08. The van der Waals surface area contributed by atoms with Gasteiger partial charge in [-0.25, -0.2) is 9.97 Å². The fraction of sp³-hybridized carbons (Fsp3) is 0.0952. The van der Waals surface area contributed by atoms with Crippen molar-refractivity contribution in [2.24, 2.45) is 0 Å². The van der Waals surface area contributed by atoms with Crippen LogP contribution in [0.3, 0.4) is 0 Å². The van der Waals surface area contributed by atoms with Crippen LogP contribution in [0.15, 0.2) is 121 Å². The highest BCUT2D eigenvalue weighted by atomic mass is 35.5. The van der Waals surface area contributed by atoms with E-state index in [2.05, 4.69) is 10.6 Å². The lowest BCUT2D eigenvalue weighted by molar-refractivity contribution is 0.0944. The van der Waals surface area contributed by atoms with Crippen molar-refractivity contribution >= 4 is 56.8 Å². The fourth-order valence-electron chi connectivity index (χ4n) is 6.37. The van der Waals surface area contributed by atoms with E-state index in [1.807, 2.05) is 135 Å². The number of carbonyl (C=O) groups is 2. The lowest BCUT2D eigenvalue weighted by Gasteiger charge is -2.16. The molecule has 7 rings (SSSR count). The largest absolute Gasteiger partial charge is 0.348 e. The molecule has 8 heteroatoms. The minimum Gasteiger partial charge on any atom is -0.348 e. The van der Waals surface area contributed by atoms with E-state index in [4.69, 9.17) is 33.2 Å². The van der Waals surface area contributed by atoms with Gasteiger partial charge < -0.3 is 10.6 Å². The van der Waals surface area contributed by atoms with Crippen molar-refractivity contribution in [1.82, 2.24) is 20.6 Å². The van der Waals surface area contributed by atoms with Crippen LogP contribution < -0.4 is 10.6 Å². The Morgan fingerprint density at radius 2 is 0.940 bits per heavy atom. The van der Waals surface area contributed by atoms with E-state index in [9.17, 15) is 9.59 Å². The zero-order valence-corrected chi connectivity index (χ0v) is 28.9. The number of rotatable bonds is 8. The Hall–Kier alpha value is -5.56. The van der Waals surface area contributed by atoms with Crippen LogP contribution in [0, 0.1) is 13.8 Å². The van der Waals surface area contributed by atoms with Crippen LogP contribution in [0.2, 0.25) is 10.0 Å². The number of halogens is 2. The smallest absolute Gasteiger partial charge is 0.252 e. The predicted molar refractivity (Wildman–Crippen MR) is 203 cm³/mol. The van der Waals surface area contributed by atoms with Crippen molar-refractivity contribution < 1.29 is 9.59 Å². The van der Waals surface area contributed by atoms with E-state index in [-0.39, 0.29) is 11.8 Å². The average molecular weight is 696 g/mol. The molecule has 0 unspecified atom stereocenters. The van der Waals surface area contributed by atoms with Crippen LogP contribution in [-0.2, 0) is 13.1 Å². The Balaban J connectivity index is 1.10. The Morgan fingerprint density at radius 3 is 1.36 bits per heavy atom. The van der Waals surface area contributed by atoms with Crippen LogP contribution in [-0.4, -0.2) is 21.8 Å². The molecule has 7 aromatic rings. The average Bonchev–Trinajstić information content (AvgIpc) is 3.13. The van der Waals surface area contributed by atoms with Gasteiger partial charge in [0.2, 0.25) is 0 Å². The first kappa shape index (κ1) is 33.0. The molecule has 50 heavy (non-hydrogen) atoms. The molecule has 0 aliphatic heterocycles. The molecular weight excluding hydrogens is 663 g/mol. The highest BCUT2D eigenvalue weighted by Gasteiger charge is 2.20. The molecule has 0 atom stereocenters. The summed E-state index contributed by atoms with van der Waals surface area (Å²) in [5.41, 5.74) is 9.30. The predicted octanol–water partition coefficient (Wildman–Crippen LogP) is 9.90. The lowest BCUT2D eigenvalue weighted by Crippen LogP contribution is -2.25. The molecule has 0 aliphatic rings. The van der Waals surface area contributed by atoms with Gasteiger partial charge in [0, 0.05) is 45.0 Å². The third kappa shape index (κ3) is 6.68. The van der Waals surface area contributed by atoms with E-state index in [1.54, 1.807) is 0 Å². The SMILES string of the molecule is Cc1c(-c2ccc(Cl)cc2)nc2ccccc2c1C(=O)NCc1cccc(CNC(=O)c2c(C)c(-c3ccc(Cl)cc3)nc3ccccc23)c1. The van der Waals surface area contributed by atoms with E-state index in [1.165, 1.54) is 0 Å². The molecule has 0 fully saturated rings. The molecular formula is C42H32Cl2N4O2. The maximum absolute atomic E-state index is 13.8. The van der Waals surface area contributed by atoms with Crippen molar-refractivity contribution in [2.45, 2.75) is 26.9 Å². The molecule has 0 aliphatic carbocycles. The number of carbonyl (C=O) groups excluding carboxylic acids is 2. The van der Waals surface area contributed by atoms with E-state index < -0.39 is 0 Å². The second kappa shape index (κ2) is 14.1. The van der Waals surface area contributed by atoms with Gasteiger partial charge in [0.05, 0.1) is 33.5 Å². The number of fused-ring (bicyclic) bond motifs is 2. The molecule has 2 amide bonds. The Kier molecular flexibility index (Phi) is 9.31. The molecule has 246 valence electrons. The Bertz CT molecular complexity index is 2240. The van der Waals surface area contributed by atoms with Gasteiger partial charge >= 0.3 is 0 Å². The van der Waals surface area contributed by atoms with Gasteiger partial charge in [-0.05, 0) is 72.5 Å². The highest BCUT2D eigenvalue weighted by molar-refractivity contribution is 6.31. The molecule has 2 heterocycles. The number of nitrogens with one attached hydrogen (secondary N) is 2. The van der Waals surface area contributed by atoms with Crippen LogP contribution in [0.25, 0.3) is 44.3 Å². The van der Waals surface area contributed by atoms with Gasteiger partial charge in [-0.3, -0.25) is 9.59 Å². The zero-order chi connectivity index (χ0) is 34.8. The summed E-state index contributed by atoms with van der Waals surface area (Å²) in [6.07, 6.45) is 0. The third-order valence-corrected chi connectivity index (χ3v) is 9.36. The minimum absolute atomic E-state index is 0.188. The number of nitrogens with zero attached hydrogens (tertiary/aromatic N) is 2. The first-order valence-corrected chi connectivity index (χ1v) is 17.0. The summed E-state index contributed by atoms with van der Waals surface area (Å²) in [6.45, 7) is 4.47. The topological polar surface area (TPSA) is 84.0 Å². The molecule has 5 aromatic carbocycles. The standard InChI is InChI=1S/C42H32Cl2N4O2/c1-25-37(33-10-3-5-12-35(33)47-39(25)29-14-18-31(43)19-15-29)41(49)45-23-27-8-7-9-28(22-27)24-46-42(50)38-26(2)40(30-16-20-32(44)21-17-30)48-36-13-6-4-11-34(36)38/h3-22H,23-24H2,1-2H3,(H,45,49)(H,46,50). The monoisotopic (exact) mass is 694 g/mol. The summed E-state index contributed by atoms with van der Waals surface area (Å²) >= 11 is 12.3. The summed E-state index contributed by atoms with van der Waals surface area (Å²) < 4.78 is 0. The van der Waals surface area contributed by atoms with E-state index >= 15 is 0 Å². The van der Waals surface area contributed by atoms with Crippen LogP contribution in [0.5, 0.6) is 0 Å². The maximum atomic E-state index is 13.8. The number of hydrogen-bond donors (Lipinski definition) is 2. The Morgan fingerprint density at radius 1 is 0.540 bits per heavy atom. The molecule has 0 saturated carbocycles. The maximum Gasteiger partial charge on any atom is 0.252 e. The first-order chi connectivity index (χ1) is 24.3. The van der Waals surface area contributed by atoms with E-state index in [0.717, 1.165) is 66.6 Å². The van der Waals surface area contributed by atoms with Gasteiger partial charge in [-0.2, -0.15) is 0 Å². The molecule has 0 spiro atoms. The number of aromatic nitrogens is 2. The quantitative estimate of drug-likeness (QED) is 0.166. The van der Waals surface area contributed by atoms with Gasteiger partial charge in [-0.1, -0.05) is 108 Å². The zero-order valence-electron chi connectivity index (χ0n) is 27.4. The van der Waals surface area contributed by atoms with E-state index in [0.29, 0.717) is 34.3 Å². The highest BCUT2D eigenvalue weighted by Crippen LogP contribution is 2.32. The Labute approximate surface area is 300 Å². The second-order valence-electron chi connectivity index (χ2n) is 12.2. The van der Waals surface area contributed by atoms with Crippen LogP contribution in [0.4, 0.5) is 0 Å². The fourth-order valence-corrected chi connectivity index (χ4v) is 6.62.